The second-order valence-electron chi connectivity index (χ2n) is 7.29. The summed E-state index contributed by atoms with van der Waals surface area (Å²) in [4.78, 5) is 17.2. The molecule has 1 aromatic heterocycles. The van der Waals surface area contributed by atoms with Gasteiger partial charge in [0, 0.05) is 16.9 Å². The van der Waals surface area contributed by atoms with Crippen LogP contribution in [0.1, 0.15) is 30.4 Å². The molecule has 2 aliphatic carbocycles. The van der Waals surface area contributed by atoms with Gasteiger partial charge in [-0.15, -0.1) is 0 Å². The van der Waals surface area contributed by atoms with Gasteiger partial charge in [0.15, 0.2) is 5.82 Å². The summed E-state index contributed by atoms with van der Waals surface area (Å²) >= 11 is 0. The highest BCUT2D eigenvalue weighted by atomic mass is 16.2. The molecule has 2 atom stereocenters. The van der Waals surface area contributed by atoms with E-state index in [1.54, 1.807) is 0 Å². The van der Waals surface area contributed by atoms with E-state index < -0.39 is 0 Å². The van der Waals surface area contributed by atoms with E-state index in [1.165, 1.54) is 17.5 Å². The zero-order valence-electron chi connectivity index (χ0n) is 14.4. The Kier molecular flexibility index (Phi) is 3.42. The molecule has 0 bridgehead atoms. The number of aromatic amines is 1. The van der Waals surface area contributed by atoms with Crippen LogP contribution in [0.15, 0.2) is 54.9 Å². The number of anilines is 1. The number of para-hydroxylation sites is 1. The molecule has 5 rings (SSSR count). The van der Waals surface area contributed by atoms with Gasteiger partial charge >= 0.3 is 0 Å². The van der Waals surface area contributed by atoms with Crippen LogP contribution in [0.2, 0.25) is 0 Å². The van der Waals surface area contributed by atoms with E-state index >= 15 is 0 Å². The van der Waals surface area contributed by atoms with Gasteiger partial charge in [0.2, 0.25) is 5.91 Å². The summed E-state index contributed by atoms with van der Waals surface area (Å²) in [6, 6.07) is 16.3. The maximum absolute atomic E-state index is 13.0. The molecule has 1 fully saturated rings. The van der Waals surface area contributed by atoms with Gasteiger partial charge in [-0.25, -0.2) is 4.98 Å². The van der Waals surface area contributed by atoms with Gasteiger partial charge < -0.3 is 5.32 Å². The average Bonchev–Trinajstić information content (AvgIpc) is 3.13. The van der Waals surface area contributed by atoms with Crippen LogP contribution in [-0.4, -0.2) is 21.1 Å². The first-order valence-corrected chi connectivity index (χ1v) is 9.12. The van der Waals surface area contributed by atoms with E-state index in [2.05, 4.69) is 44.8 Å². The van der Waals surface area contributed by atoms with E-state index in [9.17, 15) is 4.79 Å². The molecule has 5 heteroatoms. The minimum Gasteiger partial charge on any atom is -0.325 e. The van der Waals surface area contributed by atoms with Crippen molar-refractivity contribution < 1.29 is 4.79 Å². The molecular weight excluding hydrogens is 324 g/mol. The van der Waals surface area contributed by atoms with Crippen molar-refractivity contribution in [1.82, 2.24) is 15.2 Å². The molecule has 2 aliphatic rings. The predicted octanol–water partition coefficient (Wildman–Crippen LogP) is 3.70. The number of hydrogen-bond donors (Lipinski definition) is 2. The molecule has 0 aliphatic heterocycles. The Bertz CT molecular complexity index is 966. The lowest BCUT2D eigenvalue weighted by Crippen LogP contribution is -2.25. The van der Waals surface area contributed by atoms with Gasteiger partial charge in [0.05, 0.1) is 5.69 Å². The number of aromatic nitrogens is 3. The van der Waals surface area contributed by atoms with E-state index in [0.29, 0.717) is 5.82 Å². The average molecular weight is 344 g/mol. The number of carbonyl (C=O) groups excluding carboxylic acids is 1. The van der Waals surface area contributed by atoms with E-state index in [4.69, 9.17) is 0 Å². The summed E-state index contributed by atoms with van der Waals surface area (Å²) in [5.74, 6) is 0.815. The van der Waals surface area contributed by atoms with Gasteiger partial charge in [0.1, 0.15) is 6.33 Å². The molecule has 130 valence electrons. The molecular formula is C21H20N4O. The number of benzene rings is 2. The lowest BCUT2D eigenvalue weighted by molar-refractivity contribution is -0.117. The fourth-order valence-electron chi connectivity index (χ4n) is 4.53. The number of hydrogen-bond acceptors (Lipinski definition) is 3. The molecule has 1 amide bonds. The molecule has 1 saturated carbocycles. The summed E-state index contributed by atoms with van der Waals surface area (Å²) in [5, 5.41) is 9.92. The van der Waals surface area contributed by atoms with Crippen LogP contribution in [-0.2, 0) is 16.6 Å². The number of carbonyl (C=O) groups is 1. The highest BCUT2D eigenvalue weighted by Crippen LogP contribution is 2.60. The zero-order chi connectivity index (χ0) is 17.6. The molecule has 0 saturated heterocycles. The number of fused-ring (bicyclic) bond motifs is 2. The number of nitrogens with zero attached hydrogens (tertiary/aromatic N) is 2. The Morgan fingerprint density at radius 3 is 2.88 bits per heavy atom. The number of H-pyrrole nitrogens is 1. The van der Waals surface area contributed by atoms with Crippen LogP contribution in [0, 0.1) is 5.92 Å². The molecule has 1 spiro atoms. The third kappa shape index (κ3) is 2.35. The van der Waals surface area contributed by atoms with Gasteiger partial charge in [-0.3, -0.25) is 9.89 Å². The third-order valence-electron chi connectivity index (χ3n) is 5.87. The summed E-state index contributed by atoms with van der Waals surface area (Å²) < 4.78 is 0. The summed E-state index contributed by atoms with van der Waals surface area (Å²) in [5.41, 5.74) is 4.48. The molecule has 2 unspecified atom stereocenters. The first kappa shape index (κ1) is 15.3. The van der Waals surface area contributed by atoms with Crippen molar-refractivity contribution in [2.24, 2.45) is 5.92 Å². The second kappa shape index (κ2) is 5.80. The Labute approximate surface area is 151 Å². The first-order valence-electron chi connectivity index (χ1n) is 9.12. The second-order valence-corrected chi connectivity index (χ2v) is 7.29. The van der Waals surface area contributed by atoms with E-state index in [-0.39, 0.29) is 17.2 Å². The van der Waals surface area contributed by atoms with Crippen LogP contribution in [0.5, 0.6) is 0 Å². The fraction of sp³-hybridized carbons (Fsp3) is 0.286. The van der Waals surface area contributed by atoms with Crippen LogP contribution in [0.3, 0.4) is 0 Å². The van der Waals surface area contributed by atoms with Crippen molar-refractivity contribution in [3.8, 4) is 11.4 Å². The van der Waals surface area contributed by atoms with Gasteiger partial charge in [-0.2, -0.15) is 5.10 Å². The van der Waals surface area contributed by atoms with Crippen molar-refractivity contribution in [3.63, 3.8) is 0 Å². The molecule has 2 N–H and O–H groups in total. The number of amides is 1. The predicted molar refractivity (Wildman–Crippen MR) is 99.6 cm³/mol. The minimum atomic E-state index is 0.0418. The highest BCUT2D eigenvalue weighted by Gasteiger charge is 2.60. The molecule has 5 nitrogen and oxygen atoms in total. The lowest BCUT2D eigenvalue weighted by Gasteiger charge is -2.26. The van der Waals surface area contributed by atoms with Crippen LogP contribution in [0.25, 0.3) is 11.4 Å². The SMILES string of the molecule is O=C(Nc1ccccc1-c1ncn[nH]1)C1CC12CCCc1ccccc12. The summed E-state index contributed by atoms with van der Waals surface area (Å²) in [6.07, 6.45) is 5.81. The fourth-order valence-corrected chi connectivity index (χ4v) is 4.53. The molecule has 26 heavy (non-hydrogen) atoms. The highest BCUT2D eigenvalue weighted by molar-refractivity contribution is 5.99. The number of rotatable bonds is 3. The summed E-state index contributed by atoms with van der Waals surface area (Å²) in [7, 11) is 0. The standard InChI is InChI=1S/C21H20N4O/c26-20(24-18-10-4-2-8-15(18)19-22-13-23-25-19)17-12-21(17)11-5-7-14-6-1-3-9-16(14)21/h1-4,6,8-10,13,17H,5,7,11-12H2,(H,24,26)(H,22,23,25). The normalized spacial score (nSPS) is 23.5. The minimum absolute atomic E-state index is 0.0418. The number of aryl methyl sites for hydroxylation is 1. The molecule has 0 radical (unpaired) electrons. The van der Waals surface area contributed by atoms with Crippen LogP contribution in [0.4, 0.5) is 5.69 Å². The van der Waals surface area contributed by atoms with E-state index in [0.717, 1.165) is 36.9 Å². The van der Waals surface area contributed by atoms with Gasteiger partial charge in [-0.05, 0) is 48.9 Å². The monoisotopic (exact) mass is 344 g/mol. The molecule has 1 heterocycles. The quantitative estimate of drug-likeness (QED) is 0.761. The summed E-state index contributed by atoms with van der Waals surface area (Å²) in [6.45, 7) is 0. The van der Waals surface area contributed by atoms with Crippen molar-refractivity contribution in [1.29, 1.82) is 0 Å². The Hall–Kier alpha value is -2.95. The Morgan fingerprint density at radius 1 is 1.15 bits per heavy atom. The molecule has 2 aromatic carbocycles. The Balaban J connectivity index is 1.41. The number of nitrogens with one attached hydrogen (secondary N) is 2. The topological polar surface area (TPSA) is 70.7 Å². The Morgan fingerprint density at radius 2 is 2.00 bits per heavy atom. The van der Waals surface area contributed by atoms with Gasteiger partial charge in [-0.1, -0.05) is 36.4 Å². The first-order chi connectivity index (χ1) is 12.8. The zero-order valence-corrected chi connectivity index (χ0v) is 14.4. The van der Waals surface area contributed by atoms with E-state index in [1.807, 2.05) is 24.3 Å². The maximum Gasteiger partial charge on any atom is 0.228 e. The molecule has 3 aromatic rings. The lowest BCUT2D eigenvalue weighted by atomic mass is 9.78. The van der Waals surface area contributed by atoms with Crippen LogP contribution >= 0.6 is 0 Å². The maximum atomic E-state index is 13.0. The van der Waals surface area contributed by atoms with Crippen molar-refractivity contribution in [3.05, 3.63) is 66.0 Å². The van der Waals surface area contributed by atoms with Crippen molar-refractivity contribution >= 4 is 11.6 Å². The van der Waals surface area contributed by atoms with Crippen molar-refractivity contribution in [2.75, 3.05) is 5.32 Å². The van der Waals surface area contributed by atoms with Gasteiger partial charge in [0.25, 0.3) is 0 Å². The van der Waals surface area contributed by atoms with Crippen LogP contribution < -0.4 is 5.32 Å². The smallest absolute Gasteiger partial charge is 0.228 e. The van der Waals surface area contributed by atoms with Crippen molar-refractivity contribution in [2.45, 2.75) is 31.1 Å². The largest absolute Gasteiger partial charge is 0.325 e. The third-order valence-corrected chi connectivity index (χ3v) is 5.87.